The average molecular weight is 153 g/mol. The molecule has 0 aliphatic carbocycles. The zero-order valence-corrected chi connectivity index (χ0v) is 7.01. The van der Waals surface area contributed by atoms with Crippen LogP contribution in [0.25, 0.3) is 0 Å². The molecule has 1 atom stereocenters. The van der Waals surface area contributed by atoms with Crippen molar-refractivity contribution in [1.82, 2.24) is 10.4 Å². The van der Waals surface area contributed by atoms with Crippen molar-refractivity contribution < 1.29 is 0 Å². The van der Waals surface area contributed by atoms with Gasteiger partial charge in [-0.15, -0.1) is 0 Å². The van der Waals surface area contributed by atoms with Crippen LogP contribution in [0.15, 0.2) is 0 Å². The first-order valence-corrected chi connectivity index (χ1v) is 4.25. The predicted octanol–water partition coefficient (Wildman–Crippen LogP) is 0.889. The summed E-state index contributed by atoms with van der Waals surface area (Å²) in [6.45, 7) is 4.30. The van der Waals surface area contributed by atoms with E-state index in [4.69, 9.17) is 5.26 Å². The molecule has 1 aliphatic rings. The molecule has 0 amide bonds. The highest BCUT2D eigenvalue weighted by molar-refractivity contribution is 4.82. The number of hydrazine groups is 1. The summed E-state index contributed by atoms with van der Waals surface area (Å²) < 4.78 is 0. The van der Waals surface area contributed by atoms with Gasteiger partial charge in [0.15, 0.2) is 0 Å². The molecule has 3 heteroatoms. The van der Waals surface area contributed by atoms with Crippen LogP contribution in [0.4, 0.5) is 0 Å². The van der Waals surface area contributed by atoms with Crippen molar-refractivity contribution in [2.45, 2.75) is 32.2 Å². The van der Waals surface area contributed by atoms with E-state index in [-0.39, 0.29) is 0 Å². The lowest BCUT2D eigenvalue weighted by Crippen LogP contribution is -2.39. The SMILES string of the molecule is CCC(CC#N)N1CCCN1. The van der Waals surface area contributed by atoms with Crippen LogP contribution in [-0.4, -0.2) is 24.1 Å². The minimum absolute atomic E-state index is 0.419. The lowest BCUT2D eigenvalue weighted by molar-refractivity contribution is 0.172. The lowest BCUT2D eigenvalue weighted by Gasteiger charge is -2.23. The standard InChI is InChI=1S/C8H15N3/c1-2-8(4-5-9)11-7-3-6-10-11/h8,10H,2-4,6-7H2,1H3. The van der Waals surface area contributed by atoms with Crippen LogP contribution in [0.3, 0.4) is 0 Å². The molecule has 0 aromatic carbocycles. The third-order valence-corrected chi connectivity index (χ3v) is 2.13. The lowest BCUT2D eigenvalue weighted by atomic mass is 10.1. The Hall–Kier alpha value is -0.590. The molecule has 0 radical (unpaired) electrons. The Balaban J connectivity index is 2.34. The van der Waals surface area contributed by atoms with Gasteiger partial charge in [-0.05, 0) is 12.8 Å². The Morgan fingerprint density at radius 1 is 1.73 bits per heavy atom. The van der Waals surface area contributed by atoms with Gasteiger partial charge in [0.25, 0.3) is 0 Å². The Labute approximate surface area is 68.0 Å². The summed E-state index contributed by atoms with van der Waals surface area (Å²) in [5, 5.41) is 10.7. The largest absolute Gasteiger partial charge is 0.255 e. The Morgan fingerprint density at radius 2 is 2.55 bits per heavy atom. The molecule has 1 fully saturated rings. The monoisotopic (exact) mass is 153 g/mol. The van der Waals surface area contributed by atoms with Crippen LogP contribution in [0.5, 0.6) is 0 Å². The highest BCUT2D eigenvalue weighted by Crippen LogP contribution is 2.09. The maximum Gasteiger partial charge on any atom is 0.0638 e. The fourth-order valence-electron chi connectivity index (χ4n) is 1.44. The van der Waals surface area contributed by atoms with Gasteiger partial charge in [0.05, 0.1) is 12.5 Å². The van der Waals surface area contributed by atoms with E-state index in [0.29, 0.717) is 12.5 Å². The molecule has 1 rings (SSSR count). The molecule has 0 aromatic heterocycles. The van der Waals surface area contributed by atoms with E-state index in [1.54, 1.807) is 0 Å². The first-order chi connectivity index (χ1) is 5.38. The molecular weight excluding hydrogens is 138 g/mol. The Kier molecular flexibility index (Phi) is 3.34. The van der Waals surface area contributed by atoms with Crippen molar-refractivity contribution >= 4 is 0 Å². The second-order valence-corrected chi connectivity index (χ2v) is 2.88. The topological polar surface area (TPSA) is 39.1 Å². The number of nitrogens with one attached hydrogen (secondary N) is 1. The second kappa shape index (κ2) is 4.32. The molecule has 3 nitrogen and oxygen atoms in total. The minimum Gasteiger partial charge on any atom is -0.255 e. The number of nitriles is 1. The van der Waals surface area contributed by atoms with Gasteiger partial charge >= 0.3 is 0 Å². The maximum absolute atomic E-state index is 8.52. The van der Waals surface area contributed by atoms with Gasteiger partial charge in [-0.3, -0.25) is 5.43 Å². The van der Waals surface area contributed by atoms with E-state index in [1.165, 1.54) is 6.42 Å². The normalized spacial score (nSPS) is 21.5. The van der Waals surface area contributed by atoms with Crippen LogP contribution < -0.4 is 5.43 Å². The van der Waals surface area contributed by atoms with Crippen LogP contribution in [-0.2, 0) is 0 Å². The molecule has 0 bridgehead atoms. The summed E-state index contributed by atoms with van der Waals surface area (Å²) in [4.78, 5) is 0. The van der Waals surface area contributed by atoms with Crippen molar-refractivity contribution in [3.05, 3.63) is 0 Å². The molecule has 1 heterocycles. The maximum atomic E-state index is 8.52. The van der Waals surface area contributed by atoms with E-state index in [9.17, 15) is 0 Å². The summed E-state index contributed by atoms with van der Waals surface area (Å²) in [6, 6.07) is 2.63. The molecule has 0 saturated carbocycles. The van der Waals surface area contributed by atoms with Gasteiger partial charge in [-0.2, -0.15) is 5.26 Å². The van der Waals surface area contributed by atoms with Crippen molar-refractivity contribution in [2.24, 2.45) is 0 Å². The van der Waals surface area contributed by atoms with Gasteiger partial charge in [0.1, 0.15) is 0 Å². The van der Waals surface area contributed by atoms with Gasteiger partial charge in [0, 0.05) is 19.1 Å². The van der Waals surface area contributed by atoms with Crippen molar-refractivity contribution in [3.63, 3.8) is 0 Å². The zero-order chi connectivity index (χ0) is 8.10. The molecular formula is C8H15N3. The van der Waals surface area contributed by atoms with Gasteiger partial charge in [-0.1, -0.05) is 6.92 Å². The van der Waals surface area contributed by atoms with Crippen molar-refractivity contribution in [1.29, 1.82) is 5.26 Å². The Bertz CT molecular complexity index is 144. The number of nitrogens with zero attached hydrogens (tertiary/aromatic N) is 2. The summed E-state index contributed by atoms with van der Waals surface area (Å²) >= 11 is 0. The zero-order valence-electron chi connectivity index (χ0n) is 7.01. The van der Waals surface area contributed by atoms with Crippen molar-refractivity contribution in [3.8, 4) is 6.07 Å². The molecule has 62 valence electrons. The first kappa shape index (κ1) is 8.51. The highest BCUT2D eigenvalue weighted by Gasteiger charge is 2.19. The third kappa shape index (κ3) is 2.18. The van der Waals surface area contributed by atoms with E-state index in [2.05, 4.69) is 23.4 Å². The van der Waals surface area contributed by atoms with E-state index >= 15 is 0 Å². The van der Waals surface area contributed by atoms with Crippen LogP contribution >= 0.6 is 0 Å². The molecule has 1 N–H and O–H groups in total. The fraction of sp³-hybridized carbons (Fsp3) is 0.875. The molecule has 1 unspecified atom stereocenters. The summed E-state index contributed by atoms with van der Waals surface area (Å²) in [7, 11) is 0. The highest BCUT2D eigenvalue weighted by atomic mass is 15.5. The average Bonchev–Trinajstić information content (AvgIpc) is 2.52. The van der Waals surface area contributed by atoms with E-state index < -0.39 is 0 Å². The van der Waals surface area contributed by atoms with Crippen LogP contribution in [0, 0.1) is 11.3 Å². The predicted molar refractivity (Wildman–Crippen MR) is 43.6 cm³/mol. The van der Waals surface area contributed by atoms with Gasteiger partial charge in [-0.25, -0.2) is 5.01 Å². The van der Waals surface area contributed by atoms with Gasteiger partial charge in [0.2, 0.25) is 0 Å². The molecule has 0 spiro atoms. The smallest absolute Gasteiger partial charge is 0.0638 e. The quantitative estimate of drug-likeness (QED) is 0.654. The minimum atomic E-state index is 0.419. The first-order valence-electron chi connectivity index (χ1n) is 4.25. The van der Waals surface area contributed by atoms with Crippen LogP contribution in [0.1, 0.15) is 26.2 Å². The van der Waals surface area contributed by atoms with E-state index in [0.717, 1.165) is 19.5 Å². The summed E-state index contributed by atoms with van der Waals surface area (Å²) in [6.07, 6.45) is 2.91. The summed E-state index contributed by atoms with van der Waals surface area (Å²) in [5.74, 6) is 0. The molecule has 1 saturated heterocycles. The Morgan fingerprint density at radius 3 is 3.00 bits per heavy atom. The fourth-order valence-corrected chi connectivity index (χ4v) is 1.44. The summed E-state index contributed by atoms with van der Waals surface area (Å²) in [5.41, 5.74) is 3.27. The number of hydrogen-bond acceptors (Lipinski definition) is 3. The third-order valence-electron chi connectivity index (χ3n) is 2.13. The number of rotatable bonds is 3. The number of hydrogen-bond donors (Lipinski definition) is 1. The van der Waals surface area contributed by atoms with E-state index in [1.807, 2.05) is 0 Å². The molecule has 0 aromatic rings. The molecule has 1 aliphatic heterocycles. The molecule has 11 heavy (non-hydrogen) atoms. The van der Waals surface area contributed by atoms with Crippen LogP contribution in [0.2, 0.25) is 0 Å². The second-order valence-electron chi connectivity index (χ2n) is 2.88. The van der Waals surface area contributed by atoms with Gasteiger partial charge < -0.3 is 0 Å². The van der Waals surface area contributed by atoms with Crippen molar-refractivity contribution in [2.75, 3.05) is 13.1 Å².